The minimum atomic E-state index is 0. The van der Waals surface area contributed by atoms with E-state index in [4.69, 9.17) is 14.9 Å². The van der Waals surface area contributed by atoms with Gasteiger partial charge in [0.05, 0.1) is 6.61 Å². The van der Waals surface area contributed by atoms with E-state index in [0.717, 1.165) is 27.7 Å². The van der Waals surface area contributed by atoms with Gasteiger partial charge in [0.15, 0.2) is 0 Å². The van der Waals surface area contributed by atoms with Crippen LogP contribution in [0.5, 0.6) is 11.5 Å². The predicted octanol–water partition coefficient (Wildman–Crippen LogP) is 10.3. The Morgan fingerprint density at radius 3 is 1.47 bits per heavy atom. The summed E-state index contributed by atoms with van der Waals surface area (Å²) in [5.41, 5.74) is 0. The molecule has 0 bridgehead atoms. The molecule has 5 heteroatoms. The molecule has 0 saturated heterocycles. The Labute approximate surface area is 226 Å². The van der Waals surface area contributed by atoms with Gasteiger partial charge < -0.3 is 14.9 Å². The van der Waals surface area contributed by atoms with Crippen molar-refractivity contribution in [1.82, 2.24) is 0 Å². The lowest BCUT2D eigenvalue weighted by Crippen LogP contribution is -1.96. The van der Waals surface area contributed by atoms with Crippen molar-refractivity contribution in [3.8, 4) is 11.5 Å². The van der Waals surface area contributed by atoms with Gasteiger partial charge in [-0.15, -0.1) is 0 Å². The number of aliphatic hydroxyl groups is 1. The summed E-state index contributed by atoms with van der Waals surface area (Å²) in [7, 11) is 0. The SMILES string of the molecule is C.CCCCCCCCO.CCCCCCCCOc1ccc(Br)cc1.Oc1ccc(Br)cc1. The average Bonchev–Trinajstić information content (AvgIpc) is 2.82. The zero-order chi connectivity index (χ0) is 24.6. The maximum Gasteiger partial charge on any atom is 0.119 e. The zero-order valence-electron chi connectivity index (χ0n) is 20.6. The molecular formula is C29H48Br2O3. The van der Waals surface area contributed by atoms with E-state index in [2.05, 4.69) is 45.7 Å². The summed E-state index contributed by atoms with van der Waals surface area (Å²) in [6, 6.07) is 14.9. The summed E-state index contributed by atoms with van der Waals surface area (Å²) in [6.45, 7) is 5.67. The van der Waals surface area contributed by atoms with Gasteiger partial charge in [-0.3, -0.25) is 0 Å². The van der Waals surface area contributed by atoms with Crippen molar-refractivity contribution < 1.29 is 14.9 Å². The Balaban J connectivity index is 0. The Hall–Kier alpha value is -1.04. The third kappa shape index (κ3) is 24.1. The Kier molecular flexibility index (Phi) is 27.4. The van der Waals surface area contributed by atoms with E-state index in [1.807, 2.05) is 24.3 Å². The number of phenolic OH excluding ortho intramolecular Hbond substituents is 1. The van der Waals surface area contributed by atoms with Crippen LogP contribution in [0, 0.1) is 0 Å². The molecule has 0 fully saturated rings. The summed E-state index contributed by atoms with van der Waals surface area (Å²) < 4.78 is 7.73. The molecule has 2 aromatic rings. The van der Waals surface area contributed by atoms with Crippen molar-refractivity contribution in [3.05, 3.63) is 57.5 Å². The van der Waals surface area contributed by atoms with Crippen LogP contribution in [-0.4, -0.2) is 23.4 Å². The van der Waals surface area contributed by atoms with E-state index in [0.29, 0.717) is 12.4 Å². The van der Waals surface area contributed by atoms with Gasteiger partial charge in [0.1, 0.15) is 11.5 Å². The molecule has 0 spiro atoms. The second-order valence-corrected chi connectivity index (χ2v) is 9.87. The molecule has 0 aliphatic carbocycles. The summed E-state index contributed by atoms with van der Waals surface area (Å²) in [5.74, 6) is 1.27. The van der Waals surface area contributed by atoms with Crippen LogP contribution < -0.4 is 4.74 Å². The molecule has 2 rings (SSSR count). The standard InChI is InChI=1S/C14H21BrO.C8H18O.C6H5BrO.CH4/c1-2-3-4-5-6-7-12-16-14-10-8-13(15)9-11-14;1-2-3-4-5-6-7-8-9;7-5-1-3-6(8)4-2-5;/h8-11H,2-7,12H2,1H3;9H,2-8H2,1H3;1-4,8H;1H4. The maximum absolute atomic E-state index is 8.74. The van der Waals surface area contributed by atoms with Gasteiger partial charge in [-0.25, -0.2) is 0 Å². The van der Waals surface area contributed by atoms with Crippen molar-refractivity contribution in [3.63, 3.8) is 0 Å². The van der Waals surface area contributed by atoms with Crippen molar-refractivity contribution in [2.24, 2.45) is 0 Å². The molecule has 3 nitrogen and oxygen atoms in total. The molecule has 0 heterocycles. The third-order valence-electron chi connectivity index (χ3n) is 4.92. The molecular weight excluding hydrogens is 556 g/mol. The second-order valence-electron chi connectivity index (χ2n) is 8.04. The highest BCUT2D eigenvalue weighted by Gasteiger charge is 1.94. The molecule has 2 aromatic carbocycles. The van der Waals surface area contributed by atoms with E-state index in [1.54, 1.807) is 24.3 Å². The lowest BCUT2D eigenvalue weighted by atomic mass is 10.1. The lowest BCUT2D eigenvalue weighted by Gasteiger charge is -2.05. The molecule has 0 aliphatic heterocycles. The van der Waals surface area contributed by atoms with Gasteiger partial charge in [0, 0.05) is 15.6 Å². The molecule has 0 radical (unpaired) electrons. The normalized spacial score (nSPS) is 9.68. The molecule has 0 aromatic heterocycles. The van der Waals surface area contributed by atoms with E-state index in [9.17, 15) is 0 Å². The van der Waals surface area contributed by atoms with E-state index in [1.165, 1.54) is 70.6 Å². The first kappa shape index (κ1) is 35.1. The van der Waals surface area contributed by atoms with Crippen LogP contribution in [0.15, 0.2) is 57.5 Å². The minimum Gasteiger partial charge on any atom is -0.508 e. The first-order valence-electron chi connectivity index (χ1n) is 12.5. The first-order valence-corrected chi connectivity index (χ1v) is 14.1. The van der Waals surface area contributed by atoms with E-state index < -0.39 is 0 Å². The van der Waals surface area contributed by atoms with Crippen LogP contribution in [0.25, 0.3) is 0 Å². The van der Waals surface area contributed by atoms with Gasteiger partial charge in [-0.05, 0) is 61.4 Å². The molecule has 34 heavy (non-hydrogen) atoms. The number of aliphatic hydroxyl groups excluding tert-OH is 1. The summed E-state index contributed by atoms with van der Waals surface area (Å²) in [4.78, 5) is 0. The second kappa shape index (κ2) is 26.6. The number of phenols is 1. The van der Waals surface area contributed by atoms with Crippen molar-refractivity contribution in [1.29, 1.82) is 0 Å². The summed E-state index contributed by atoms with van der Waals surface area (Å²) in [5, 5.41) is 17.2. The predicted molar refractivity (Wildman–Crippen MR) is 156 cm³/mol. The van der Waals surface area contributed by atoms with E-state index in [-0.39, 0.29) is 7.43 Å². The van der Waals surface area contributed by atoms with Crippen LogP contribution in [0.1, 0.15) is 98.3 Å². The number of hydrogen-bond donors (Lipinski definition) is 2. The number of hydrogen-bond acceptors (Lipinski definition) is 3. The van der Waals surface area contributed by atoms with Crippen LogP contribution in [-0.2, 0) is 0 Å². The van der Waals surface area contributed by atoms with Gasteiger partial charge in [-0.1, -0.05) is 117 Å². The van der Waals surface area contributed by atoms with Crippen molar-refractivity contribution >= 4 is 31.9 Å². The van der Waals surface area contributed by atoms with Crippen molar-refractivity contribution in [2.75, 3.05) is 13.2 Å². The molecule has 0 unspecified atom stereocenters. The van der Waals surface area contributed by atoms with Crippen LogP contribution in [0.2, 0.25) is 0 Å². The maximum atomic E-state index is 8.74. The molecule has 0 amide bonds. The van der Waals surface area contributed by atoms with Crippen LogP contribution >= 0.6 is 31.9 Å². The number of rotatable bonds is 14. The molecule has 0 aliphatic rings. The smallest absolute Gasteiger partial charge is 0.119 e. The molecule has 2 N–H and O–H groups in total. The largest absolute Gasteiger partial charge is 0.508 e. The number of ether oxygens (including phenoxy) is 1. The van der Waals surface area contributed by atoms with E-state index >= 15 is 0 Å². The van der Waals surface area contributed by atoms with Gasteiger partial charge >= 0.3 is 0 Å². The highest BCUT2D eigenvalue weighted by molar-refractivity contribution is 9.10. The number of aromatic hydroxyl groups is 1. The number of unbranched alkanes of at least 4 members (excludes halogenated alkanes) is 10. The minimum absolute atomic E-state index is 0. The topological polar surface area (TPSA) is 49.7 Å². The summed E-state index contributed by atoms with van der Waals surface area (Å²) in [6.07, 6.45) is 15.3. The van der Waals surface area contributed by atoms with Crippen LogP contribution in [0.3, 0.4) is 0 Å². The quantitative estimate of drug-likeness (QED) is 0.211. The zero-order valence-corrected chi connectivity index (χ0v) is 23.7. The Morgan fingerprint density at radius 1 is 0.618 bits per heavy atom. The highest BCUT2D eigenvalue weighted by atomic mass is 79.9. The first-order chi connectivity index (χ1) is 16.0. The fourth-order valence-corrected chi connectivity index (χ4v) is 3.47. The fraction of sp³-hybridized carbons (Fsp3) is 0.586. The highest BCUT2D eigenvalue weighted by Crippen LogP contribution is 2.16. The van der Waals surface area contributed by atoms with Gasteiger partial charge in [0.2, 0.25) is 0 Å². The molecule has 0 atom stereocenters. The lowest BCUT2D eigenvalue weighted by molar-refractivity contribution is 0.282. The molecule has 0 saturated carbocycles. The van der Waals surface area contributed by atoms with Gasteiger partial charge in [0.25, 0.3) is 0 Å². The number of halogens is 2. The molecule has 196 valence electrons. The Bertz CT molecular complexity index is 618. The average molecular weight is 605 g/mol. The number of benzene rings is 2. The monoisotopic (exact) mass is 602 g/mol. The van der Waals surface area contributed by atoms with Crippen molar-refractivity contribution in [2.45, 2.75) is 98.3 Å². The third-order valence-corrected chi connectivity index (χ3v) is 5.98. The van der Waals surface area contributed by atoms with Gasteiger partial charge in [-0.2, -0.15) is 0 Å². The fourth-order valence-electron chi connectivity index (χ4n) is 2.94. The Morgan fingerprint density at radius 2 is 1.03 bits per heavy atom. The summed E-state index contributed by atoms with van der Waals surface area (Å²) >= 11 is 6.64. The van der Waals surface area contributed by atoms with Crippen LogP contribution in [0.4, 0.5) is 0 Å².